The van der Waals surface area contributed by atoms with Crippen molar-refractivity contribution in [1.82, 2.24) is 4.72 Å². The number of rotatable bonds is 8. The van der Waals surface area contributed by atoms with Crippen LogP contribution in [0.4, 0.5) is 0 Å². The first kappa shape index (κ1) is 16.7. The van der Waals surface area contributed by atoms with Crippen molar-refractivity contribution in [2.24, 2.45) is 0 Å². The Hall–Kier alpha value is -1.40. The molecule has 0 aliphatic heterocycles. The van der Waals surface area contributed by atoms with Gasteiger partial charge in [-0.25, -0.2) is 17.9 Å². The molecule has 0 saturated heterocycles. The fourth-order valence-electron chi connectivity index (χ4n) is 1.68. The summed E-state index contributed by atoms with van der Waals surface area (Å²) in [4.78, 5) is 11.3. The number of benzene rings is 1. The molecule has 0 aliphatic rings. The maximum Gasteiger partial charge on any atom is 0.337 e. The van der Waals surface area contributed by atoms with Crippen molar-refractivity contribution in [2.45, 2.75) is 32.7 Å². The van der Waals surface area contributed by atoms with E-state index in [1.54, 1.807) is 24.3 Å². The van der Waals surface area contributed by atoms with Crippen molar-refractivity contribution in [2.75, 3.05) is 12.9 Å². The van der Waals surface area contributed by atoms with E-state index >= 15 is 0 Å². The number of carbonyl (C=O) groups excluding carboxylic acids is 1. The predicted molar refractivity (Wildman–Crippen MR) is 77.9 cm³/mol. The molecular formula is C14H21NO4S. The zero-order chi connectivity index (χ0) is 15.0. The Labute approximate surface area is 120 Å². The van der Waals surface area contributed by atoms with Gasteiger partial charge in [-0.15, -0.1) is 0 Å². The fraction of sp³-hybridized carbons (Fsp3) is 0.500. The molecule has 0 fully saturated rings. The summed E-state index contributed by atoms with van der Waals surface area (Å²) in [7, 11) is -1.90. The molecule has 1 N–H and O–H groups in total. The van der Waals surface area contributed by atoms with E-state index in [9.17, 15) is 13.2 Å². The van der Waals surface area contributed by atoms with Crippen molar-refractivity contribution in [3.8, 4) is 0 Å². The third kappa shape index (κ3) is 5.71. The normalized spacial score (nSPS) is 11.3. The van der Waals surface area contributed by atoms with E-state index in [1.165, 1.54) is 7.11 Å². The third-order valence-corrected chi connectivity index (χ3v) is 4.30. The number of esters is 1. The van der Waals surface area contributed by atoms with Crippen LogP contribution in [0.5, 0.6) is 0 Å². The topological polar surface area (TPSA) is 72.5 Å². The number of unbranched alkanes of at least 4 members (excludes halogenated alkanes) is 2. The minimum Gasteiger partial charge on any atom is -0.465 e. The Morgan fingerprint density at radius 1 is 1.20 bits per heavy atom. The average molecular weight is 299 g/mol. The van der Waals surface area contributed by atoms with Gasteiger partial charge in [0.05, 0.1) is 18.4 Å². The highest BCUT2D eigenvalue weighted by Gasteiger charge is 2.10. The SMILES string of the molecule is CCCCCS(=O)(=O)NCc1ccc(C(=O)OC)cc1. The zero-order valence-electron chi connectivity index (χ0n) is 11.9. The van der Waals surface area contributed by atoms with Gasteiger partial charge in [0.2, 0.25) is 10.0 Å². The number of methoxy groups -OCH3 is 1. The molecule has 0 bridgehead atoms. The lowest BCUT2D eigenvalue weighted by Crippen LogP contribution is -2.25. The molecule has 0 atom stereocenters. The molecule has 0 amide bonds. The molecule has 0 aromatic heterocycles. The molecule has 6 heteroatoms. The van der Waals surface area contributed by atoms with Gasteiger partial charge in [-0.05, 0) is 24.1 Å². The van der Waals surface area contributed by atoms with Crippen LogP contribution in [0.25, 0.3) is 0 Å². The van der Waals surface area contributed by atoms with Crippen LogP contribution in [0.2, 0.25) is 0 Å². The number of sulfonamides is 1. The first-order chi connectivity index (χ1) is 9.48. The van der Waals surface area contributed by atoms with Crippen molar-refractivity contribution < 1.29 is 17.9 Å². The molecule has 1 aromatic carbocycles. The standard InChI is InChI=1S/C14H21NO4S/c1-3-4-5-10-20(17,18)15-11-12-6-8-13(9-7-12)14(16)19-2/h6-9,15H,3-5,10-11H2,1-2H3. The van der Waals surface area contributed by atoms with Crippen molar-refractivity contribution >= 4 is 16.0 Å². The van der Waals surface area contributed by atoms with Gasteiger partial charge in [-0.3, -0.25) is 0 Å². The summed E-state index contributed by atoms with van der Waals surface area (Å²) < 4.78 is 30.6. The Bertz CT molecular complexity index is 523. The molecule has 1 aromatic rings. The van der Waals surface area contributed by atoms with E-state index in [1.807, 2.05) is 6.92 Å². The summed E-state index contributed by atoms with van der Waals surface area (Å²) in [5, 5.41) is 0. The summed E-state index contributed by atoms with van der Waals surface area (Å²) in [5.74, 6) is -0.252. The lowest BCUT2D eigenvalue weighted by Gasteiger charge is -2.07. The molecule has 0 saturated carbocycles. The first-order valence-corrected chi connectivity index (χ1v) is 8.28. The summed E-state index contributed by atoms with van der Waals surface area (Å²) >= 11 is 0. The predicted octanol–water partition coefficient (Wildman–Crippen LogP) is 2.08. The average Bonchev–Trinajstić information content (AvgIpc) is 2.45. The van der Waals surface area contributed by atoms with Crippen molar-refractivity contribution in [3.63, 3.8) is 0 Å². The number of nitrogens with one attached hydrogen (secondary N) is 1. The summed E-state index contributed by atoms with van der Waals surface area (Å²) in [5.41, 5.74) is 1.25. The van der Waals surface area contributed by atoms with E-state index < -0.39 is 16.0 Å². The van der Waals surface area contributed by atoms with Gasteiger partial charge in [-0.2, -0.15) is 0 Å². The maximum absolute atomic E-state index is 11.7. The summed E-state index contributed by atoms with van der Waals surface area (Å²) in [6, 6.07) is 6.65. The van der Waals surface area contributed by atoms with Gasteiger partial charge < -0.3 is 4.74 Å². The van der Waals surface area contributed by atoms with Crippen molar-refractivity contribution in [3.05, 3.63) is 35.4 Å². The van der Waals surface area contributed by atoms with Gasteiger partial charge in [0, 0.05) is 6.54 Å². The van der Waals surface area contributed by atoms with Crippen LogP contribution in [0, 0.1) is 0 Å². The van der Waals surface area contributed by atoms with E-state index in [4.69, 9.17) is 0 Å². The molecule has 0 radical (unpaired) electrons. The Balaban J connectivity index is 2.51. The highest BCUT2D eigenvalue weighted by atomic mass is 32.2. The second-order valence-corrected chi connectivity index (χ2v) is 6.46. The smallest absolute Gasteiger partial charge is 0.337 e. The van der Waals surface area contributed by atoms with E-state index in [0.717, 1.165) is 18.4 Å². The monoisotopic (exact) mass is 299 g/mol. The molecular weight excluding hydrogens is 278 g/mol. The fourth-order valence-corrected chi connectivity index (χ4v) is 2.80. The summed E-state index contributed by atoms with van der Waals surface area (Å²) in [6.07, 6.45) is 2.58. The van der Waals surface area contributed by atoms with E-state index in [2.05, 4.69) is 9.46 Å². The number of hydrogen-bond acceptors (Lipinski definition) is 4. The minimum absolute atomic E-state index is 0.154. The van der Waals surface area contributed by atoms with Gasteiger partial charge in [0.1, 0.15) is 0 Å². The van der Waals surface area contributed by atoms with E-state index in [-0.39, 0.29) is 12.3 Å². The van der Waals surface area contributed by atoms with Crippen LogP contribution >= 0.6 is 0 Å². The van der Waals surface area contributed by atoms with E-state index in [0.29, 0.717) is 12.0 Å². The number of hydrogen-bond donors (Lipinski definition) is 1. The van der Waals surface area contributed by atoms with Gasteiger partial charge in [0.15, 0.2) is 0 Å². The molecule has 0 unspecified atom stereocenters. The second kappa shape index (κ2) is 8.01. The lowest BCUT2D eigenvalue weighted by atomic mass is 10.1. The molecule has 0 heterocycles. The lowest BCUT2D eigenvalue weighted by molar-refractivity contribution is 0.0600. The minimum atomic E-state index is -3.22. The summed E-state index contributed by atoms with van der Waals surface area (Å²) in [6.45, 7) is 2.26. The number of ether oxygens (including phenoxy) is 1. The van der Waals surface area contributed by atoms with Crippen LogP contribution in [0.1, 0.15) is 42.1 Å². The molecule has 5 nitrogen and oxygen atoms in total. The van der Waals surface area contributed by atoms with Crippen LogP contribution in [-0.4, -0.2) is 27.2 Å². The second-order valence-electron chi connectivity index (χ2n) is 4.54. The Kier molecular flexibility index (Phi) is 6.67. The highest BCUT2D eigenvalue weighted by molar-refractivity contribution is 7.89. The van der Waals surface area contributed by atoms with Gasteiger partial charge >= 0.3 is 5.97 Å². The quantitative estimate of drug-likeness (QED) is 0.589. The maximum atomic E-state index is 11.7. The molecule has 20 heavy (non-hydrogen) atoms. The largest absolute Gasteiger partial charge is 0.465 e. The third-order valence-electron chi connectivity index (χ3n) is 2.89. The first-order valence-electron chi connectivity index (χ1n) is 6.63. The van der Waals surface area contributed by atoms with Crippen LogP contribution in [-0.2, 0) is 21.3 Å². The Morgan fingerprint density at radius 2 is 1.85 bits per heavy atom. The molecule has 112 valence electrons. The van der Waals surface area contributed by atoms with Crippen LogP contribution in [0.3, 0.4) is 0 Å². The molecule has 1 rings (SSSR count). The van der Waals surface area contributed by atoms with Crippen LogP contribution in [0.15, 0.2) is 24.3 Å². The number of carbonyl (C=O) groups is 1. The van der Waals surface area contributed by atoms with Crippen LogP contribution < -0.4 is 4.72 Å². The van der Waals surface area contributed by atoms with Gasteiger partial charge in [0.25, 0.3) is 0 Å². The van der Waals surface area contributed by atoms with Gasteiger partial charge in [-0.1, -0.05) is 31.9 Å². The van der Waals surface area contributed by atoms with Crippen molar-refractivity contribution in [1.29, 1.82) is 0 Å². The molecule has 0 aliphatic carbocycles. The molecule has 0 spiro atoms. The Morgan fingerprint density at radius 3 is 2.40 bits per heavy atom. The zero-order valence-corrected chi connectivity index (χ0v) is 12.7. The highest BCUT2D eigenvalue weighted by Crippen LogP contribution is 2.06.